The Morgan fingerprint density at radius 1 is 0.296 bits per heavy atom. The zero-order chi connectivity index (χ0) is 35.8. The van der Waals surface area contributed by atoms with Gasteiger partial charge in [-0.1, -0.05) is 170 Å². The Bertz CT molecular complexity index is 2920. The van der Waals surface area contributed by atoms with Gasteiger partial charge in [0.15, 0.2) is 0 Å². The molecule has 0 amide bonds. The third-order valence-electron chi connectivity index (χ3n) is 10.5. The van der Waals surface area contributed by atoms with Crippen LogP contribution in [0.15, 0.2) is 217 Å². The molecule has 54 heavy (non-hydrogen) atoms. The molecule has 0 aliphatic carbocycles. The van der Waals surface area contributed by atoms with Crippen molar-refractivity contribution in [2.75, 3.05) is 4.90 Å². The van der Waals surface area contributed by atoms with Crippen LogP contribution in [0.4, 0.5) is 17.1 Å². The minimum absolute atomic E-state index is 0.883. The number of furan rings is 1. The van der Waals surface area contributed by atoms with Crippen LogP contribution >= 0.6 is 0 Å². The SMILES string of the molecule is c1ccc(-c2ccc(-c3ccc(N(c4ccccc4-c4ccc5c(c4)oc4ccccc45)c4ccccc4-c4cccc5ccccc45)cc3)cc2)cc1. The zero-order valence-electron chi connectivity index (χ0n) is 29.6. The molecule has 0 aliphatic heterocycles. The smallest absolute Gasteiger partial charge is 0.136 e. The second-order valence-corrected chi connectivity index (χ2v) is 13.7. The number of hydrogen-bond donors (Lipinski definition) is 0. The molecule has 9 aromatic carbocycles. The van der Waals surface area contributed by atoms with Crippen molar-refractivity contribution in [3.05, 3.63) is 212 Å². The van der Waals surface area contributed by atoms with Crippen LogP contribution in [0.2, 0.25) is 0 Å². The summed E-state index contributed by atoms with van der Waals surface area (Å²) >= 11 is 0. The van der Waals surface area contributed by atoms with Gasteiger partial charge >= 0.3 is 0 Å². The predicted molar refractivity (Wildman–Crippen MR) is 228 cm³/mol. The summed E-state index contributed by atoms with van der Waals surface area (Å²) in [5.74, 6) is 0. The number of hydrogen-bond acceptors (Lipinski definition) is 2. The first-order valence-electron chi connectivity index (χ1n) is 18.4. The lowest BCUT2D eigenvalue weighted by Gasteiger charge is -2.30. The lowest BCUT2D eigenvalue weighted by atomic mass is 9.95. The summed E-state index contributed by atoms with van der Waals surface area (Å²) in [6.45, 7) is 0. The fraction of sp³-hybridized carbons (Fsp3) is 0. The molecular formula is C52H35NO. The molecule has 2 heteroatoms. The molecule has 10 aromatic rings. The topological polar surface area (TPSA) is 16.4 Å². The summed E-state index contributed by atoms with van der Waals surface area (Å²) in [6, 6.07) is 75.9. The first kappa shape index (κ1) is 31.6. The summed E-state index contributed by atoms with van der Waals surface area (Å²) < 4.78 is 6.38. The molecule has 1 heterocycles. The predicted octanol–water partition coefficient (Wildman–Crippen LogP) is 14.9. The molecule has 0 saturated carbocycles. The average molecular weight is 690 g/mol. The average Bonchev–Trinajstić information content (AvgIpc) is 3.63. The second kappa shape index (κ2) is 13.4. The number of nitrogens with zero attached hydrogens (tertiary/aromatic N) is 1. The maximum atomic E-state index is 6.38. The summed E-state index contributed by atoms with van der Waals surface area (Å²) in [4.78, 5) is 2.41. The van der Waals surface area contributed by atoms with Gasteiger partial charge in [-0.15, -0.1) is 0 Å². The van der Waals surface area contributed by atoms with Gasteiger partial charge in [0, 0.05) is 27.6 Å². The highest BCUT2D eigenvalue weighted by Crippen LogP contribution is 2.46. The molecule has 0 aliphatic rings. The van der Waals surface area contributed by atoms with Gasteiger partial charge in [0.2, 0.25) is 0 Å². The normalized spacial score (nSPS) is 11.3. The van der Waals surface area contributed by atoms with Gasteiger partial charge in [0.25, 0.3) is 0 Å². The lowest BCUT2D eigenvalue weighted by molar-refractivity contribution is 0.669. The zero-order valence-corrected chi connectivity index (χ0v) is 29.6. The second-order valence-electron chi connectivity index (χ2n) is 13.7. The van der Waals surface area contributed by atoms with Crippen molar-refractivity contribution in [1.82, 2.24) is 0 Å². The Hall–Kier alpha value is -7.16. The van der Waals surface area contributed by atoms with Gasteiger partial charge in [-0.05, 0) is 86.6 Å². The van der Waals surface area contributed by atoms with Crippen molar-refractivity contribution in [2.45, 2.75) is 0 Å². The highest BCUT2D eigenvalue weighted by Gasteiger charge is 2.22. The Morgan fingerprint density at radius 2 is 0.796 bits per heavy atom. The van der Waals surface area contributed by atoms with Gasteiger partial charge in [-0.2, -0.15) is 0 Å². The van der Waals surface area contributed by atoms with E-state index in [9.17, 15) is 0 Å². The van der Waals surface area contributed by atoms with Crippen molar-refractivity contribution in [2.24, 2.45) is 0 Å². The minimum Gasteiger partial charge on any atom is -0.456 e. The van der Waals surface area contributed by atoms with Gasteiger partial charge in [0.05, 0.1) is 11.4 Å². The molecule has 0 unspecified atom stereocenters. The van der Waals surface area contributed by atoms with Crippen molar-refractivity contribution in [1.29, 1.82) is 0 Å². The van der Waals surface area contributed by atoms with E-state index in [1.165, 1.54) is 38.6 Å². The molecule has 10 rings (SSSR count). The van der Waals surface area contributed by atoms with E-state index < -0.39 is 0 Å². The lowest BCUT2D eigenvalue weighted by Crippen LogP contribution is -2.12. The fourth-order valence-corrected chi connectivity index (χ4v) is 7.86. The fourth-order valence-electron chi connectivity index (χ4n) is 7.86. The van der Waals surface area contributed by atoms with Crippen molar-refractivity contribution >= 4 is 49.8 Å². The molecule has 0 N–H and O–H groups in total. The monoisotopic (exact) mass is 689 g/mol. The summed E-state index contributed by atoms with van der Waals surface area (Å²) in [6.07, 6.45) is 0. The molecule has 0 fully saturated rings. The van der Waals surface area contributed by atoms with E-state index in [1.54, 1.807) is 0 Å². The summed E-state index contributed by atoms with van der Waals surface area (Å²) in [5, 5.41) is 4.70. The molecular weight excluding hydrogens is 655 g/mol. The van der Waals surface area contributed by atoms with Crippen LogP contribution in [-0.4, -0.2) is 0 Å². The van der Waals surface area contributed by atoms with Crippen LogP contribution in [0, 0.1) is 0 Å². The Balaban J connectivity index is 1.13. The molecule has 0 radical (unpaired) electrons. The van der Waals surface area contributed by atoms with Gasteiger partial charge in [-0.3, -0.25) is 0 Å². The van der Waals surface area contributed by atoms with Crippen LogP contribution in [0.1, 0.15) is 0 Å². The third-order valence-corrected chi connectivity index (χ3v) is 10.5. The van der Waals surface area contributed by atoms with Crippen LogP contribution in [0.3, 0.4) is 0 Å². The highest BCUT2D eigenvalue weighted by atomic mass is 16.3. The van der Waals surface area contributed by atoms with E-state index in [2.05, 4.69) is 205 Å². The molecule has 0 saturated heterocycles. The van der Waals surface area contributed by atoms with Crippen LogP contribution in [0.25, 0.3) is 77.2 Å². The first-order valence-corrected chi connectivity index (χ1v) is 18.4. The van der Waals surface area contributed by atoms with E-state index in [0.717, 1.165) is 55.7 Å². The van der Waals surface area contributed by atoms with Gasteiger partial charge in [0.1, 0.15) is 11.2 Å². The Kier molecular flexibility index (Phi) is 7.85. The molecule has 0 spiro atoms. The van der Waals surface area contributed by atoms with Gasteiger partial charge in [-0.25, -0.2) is 0 Å². The Labute approximate surface area is 314 Å². The first-order chi connectivity index (χ1) is 26.8. The van der Waals surface area contributed by atoms with E-state index >= 15 is 0 Å². The number of fused-ring (bicyclic) bond motifs is 4. The number of rotatable bonds is 7. The van der Waals surface area contributed by atoms with Crippen molar-refractivity contribution in [3.8, 4) is 44.5 Å². The van der Waals surface area contributed by atoms with Crippen LogP contribution in [0.5, 0.6) is 0 Å². The third kappa shape index (κ3) is 5.62. The van der Waals surface area contributed by atoms with Crippen molar-refractivity contribution < 1.29 is 4.42 Å². The van der Waals surface area contributed by atoms with Crippen molar-refractivity contribution in [3.63, 3.8) is 0 Å². The summed E-state index contributed by atoms with van der Waals surface area (Å²) in [5.41, 5.74) is 14.4. The maximum Gasteiger partial charge on any atom is 0.136 e. The highest BCUT2D eigenvalue weighted by molar-refractivity contribution is 6.07. The quantitative estimate of drug-likeness (QED) is 0.166. The maximum absolute atomic E-state index is 6.38. The molecule has 254 valence electrons. The molecule has 0 atom stereocenters. The number of benzene rings is 9. The van der Waals surface area contributed by atoms with E-state index in [1.807, 2.05) is 12.1 Å². The van der Waals surface area contributed by atoms with Gasteiger partial charge < -0.3 is 9.32 Å². The largest absolute Gasteiger partial charge is 0.456 e. The summed E-state index contributed by atoms with van der Waals surface area (Å²) in [7, 11) is 0. The van der Waals surface area contributed by atoms with Crippen LogP contribution in [-0.2, 0) is 0 Å². The minimum atomic E-state index is 0.883. The number of anilines is 3. The van der Waals surface area contributed by atoms with E-state index in [4.69, 9.17) is 4.42 Å². The molecule has 1 aromatic heterocycles. The van der Waals surface area contributed by atoms with E-state index in [-0.39, 0.29) is 0 Å². The molecule has 2 nitrogen and oxygen atoms in total. The number of para-hydroxylation sites is 3. The van der Waals surface area contributed by atoms with Crippen LogP contribution < -0.4 is 4.90 Å². The van der Waals surface area contributed by atoms with E-state index in [0.29, 0.717) is 0 Å². The Morgan fingerprint density at radius 3 is 1.56 bits per heavy atom. The standard InChI is InChI=1S/C52H35NO/c1-2-13-36(14-3-1)37-25-27-38(28-26-37)39-29-32-42(33-30-39)53(50-23-10-7-19-46(50)45-21-12-16-40-15-4-5-17-43(40)45)49-22-9-6-18-44(49)41-31-34-48-47-20-8-11-24-51(47)54-52(48)35-41/h1-35H. The molecule has 0 bridgehead atoms.